The molecule has 4 heteroatoms. The molecule has 88 valence electrons. The van der Waals surface area contributed by atoms with Gasteiger partial charge in [-0.3, -0.25) is 9.78 Å². The first-order chi connectivity index (χ1) is 7.57. The molecule has 0 fully saturated rings. The van der Waals surface area contributed by atoms with Crippen LogP contribution in [0.15, 0.2) is 18.3 Å². The zero-order valence-corrected chi connectivity index (χ0v) is 9.97. The third-order valence-electron chi connectivity index (χ3n) is 2.44. The first kappa shape index (κ1) is 12.6. The third kappa shape index (κ3) is 2.79. The molecule has 0 spiro atoms. The second-order valence-electron chi connectivity index (χ2n) is 3.98. The molecule has 0 aliphatic rings. The minimum Gasteiger partial charge on any atom is -0.395 e. The summed E-state index contributed by atoms with van der Waals surface area (Å²) in [5.74, 6) is -0.123. The van der Waals surface area contributed by atoms with Gasteiger partial charge in [-0.15, -0.1) is 0 Å². The third-order valence-corrected chi connectivity index (χ3v) is 2.44. The number of hydrogen-bond donors (Lipinski definition) is 1. The van der Waals surface area contributed by atoms with Gasteiger partial charge in [0.15, 0.2) is 0 Å². The lowest BCUT2D eigenvalue weighted by Crippen LogP contribution is -2.39. The van der Waals surface area contributed by atoms with E-state index in [0.29, 0.717) is 12.2 Å². The zero-order chi connectivity index (χ0) is 12.1. The van der Waals surface area contributed by atoms with Crippen molar-refractivity contribution in [2.75, 3.05) is 13.2 Å². The Kier molecular flexibility index (Phi) is 4.43. The topological polar surface area (TPSA) is 53.4 Å². The normalized spacial score (nSPS) is 10.6. The van der Waals surface area contributed by atoms with Crippen molar-refractivity contribution in [2.24, 2.45) is 0 Å². The number of amides is 1. The number of aromatic nitrogens is 1. The van der Waals surface area contributed by atoms with Crippen LogP contribution in [0.3, 0.4) is 0 Å². The maximum Gasteiger partial charge on any atom is 0.273 e. The Bertz CT molecular complexity index is 364. The van der Waals surface area contributed by atoms with E-state index in [1.165, 1.54) is 0 Å². The minimum atomic E-state index is -0.123. The number of aryl methyl sites for hydroxylation is 1. The van der Waals surface area contributed by atoms with Crippen molar-refractivity contribution < 1.29 is 9.90 Å². The number of aliphatic hydroxyl groups is 1. The van der Waals surface area contributed by atoms with Crippen molar-refractivity contribution in [3.05, 3.63) is 29.6 Å². The SMILES string of the molecule is Cc1cccnc1C(=O)N(CCO)C(C)C. The molecule has 1 rings (SSSR count). The average molecular weight is 222 g/mol. The standard InChI is InChI=1S/C12H18N2O2/c1-9(2)14(7-8-15)12(16)11-10(3)5-4-6-13-11/h4-6,9,15H,7-8H2,1-3H3. The molecule has 0 aliphatic carbocycles. The van der Waals surface area contributed by atoms with Crippen LogP contribution in [0.1, 0.15) is 29.9 Å². The maximum absolute atomic E-state index is 12.1. The molecule has 0 saturated heterocycles. The van der Waals surface area contributed by atoms with Gasteiger partial charge in [-0.2, -0.15) is 0 Å². The fourth-order valence-corrected chi connectivity index (χ4v) is 1.55. The van der Waals surface area contributed by atoms with Gasteiger partial charge < -0.3 is 10.0 Å². The van der Waals surface area contributed by atoms with Gasteiger partial charge in [0, 0.05) is 18.8 Å². The Balaban J connectivity index is 2.95. The Morgan fingerprint density at radius 3 is 2.75 bits per heavy atom. The molecule has 0 radical (unpaired) electrons. The quantitative estimate of drug-likeness (QED) is 0.833. The lowest BCUT2D eigenvalue weighted by atomic mass is 10.2. The molecule has 0 aliphatic heterocycles. The van der Waals surface area contributed by atoms with Gasteiger partial charge in [0.25, 0.3) is 5.91 Å². The summed E-state index contributed by atoms with van der Waals surface area (Å²) in [6, 6.07) is 3.72. The molecule has 0 bridgehead atoms. The van der Waals surface area contributed by atoms with Crippen LogP contribution in [0.4, 0.5) is 0 Å². The number of aliphatic hydroxyl groups excluding tert-OH is 1. The summed E-state index contributed by atoms with van der Waals surface area (Å²) in [5.41, 5.74) is 1.32. The van der Waals surface area contributed by atoms with Crippen molar-refractivity contribution in [2.45, 2.75) is 26.8 Å². The summed E-state index contributed by atoms with van der Waals surface area (Å²) in [4.78, 5) is 17.9. The predicted octanol–water partition coefficient (Wildman–Crippen LogP) is 1.23. The molecule has 4 nitrogen and oxygen atoms in total. The largest absolute Gasteiger partial charge is 0.395 e. The van der Waals surface area contributed by atoms with E-state index < -0.39 is 0 Å². The molecular weight excluding hydrogens is 204 g/mol. The van der Waals surface area contributed by atoms with E-state index in [2.05, 4.69) is 4.98 Å². The molecular formula is C12H18N2O2. The number of carbonyl (C=O) groups excluding carboxylic acids is 1. The summed E-state index contributed by atoms with van der Waals surface area (Å²) < 4.78 is 0. The number of carbonyl (C=O) groups is 1. The van der Waals surface area contributed by atoms with Crippen molar-refractivity contribution in [3.8, 4) is 0 Å². The molecule has 0 saturated carbocycles. The summed E-state index contributed by atoms with van der Waals surface area (Å²) in [5, 5.41) is 8.94. The fraction of sp³-hybridized carbons (Fsp3) is 0.500. The van der Waals surface area contributed by atoms with Gasteiger partial charge in [0.1, 0.15) is 5.69 Å². The number of rotatable bonds is 4. The second-order valence-corrected chi connectivity index (χ2v) is 3.98. The maximum atomic E-state index is 12.1. The van der Waals surface area contributed by atoms with E-state index in [0.717, 1.165) is 5.56 Å². The Hall–Kier alpha value is -1.42. The summed E-state index contributed by atoms with van der Waals surface area (Å²) in [6.45, 7) is 6.01. The zero-order valence-electron chi connectivity index (χ0n) is 9.97. The lowest BCUT2D eigenvalue weighted by molar-refractivity contribution is 0.0658. The molecule has 0 unspecified atom stereocenters. The van der Waals surface area contributed by atoms with Gasteiger partial charge >= 0.3 is 0 Å². The van der Waals surface area contributed by atoms with Crippen LogP contribution in [0.2, 0.25) is 0 Å². The van der Waals surface area contributed by atoms with Crippen molar-refractivity contribution in [1.82, 2.24) is 9.88 Å². The first-order valence-corrected chi connectivity index (χ1v) is 5.41. The van der Waals surface area contributed by atoms with Gasteiger partial charge in [-0.25, -0.2) is 0 Å². The molecule has 0 aromatic carbocycles. The van der Waals surface area contributed by atoms with Crippen LogP contribution < -0.4 is 0 Å². The van der Waals surface area contributed by atoms with E-state index in [9.17, 15) is 4.79 Å². The van der Waals surface area contributed by atoms with Crippen LogP contribution >= 0.6 is 0 Å². The van der Waals surface area contributed by atoms with E-state index in [-0.39, 0.29) is 18.6 Å². The number of hydrogen-bond acceptors (Lipinski definition) is 3. The molecule has 16 heavy (non-hydrogen) atoms. The summed E-state index contributed by atoms with van der Waals surface area (Å²) in [6.07, 6.45) is 1.61. The monoisotopic (exact) mass is 222 g/mol. The van der Waals surface area contributed by atoms with Crippen molar-refractivity contribution >= 4 is 5.91 Å². The van der Waals surface area contributed by atoms with E-state index in [1.54, 1.807) is 17.2 Å². The molecule has 1 amide bonds. The molecule has 1 heterocycles. The van der Waals surface area contributed by atoms with Crippen LogP contribution in [0, 0.1) is 6.92 Å². The number of pyridine rings is 1. The van der Waals surface area contributed by atoms with Gasteiger partial charge in [0.2, 0.25) is 0 Å². The van der Waals surface area contributed by atoms with E-state index >= 15 is 0 Å². The van der Waals surface area contributed by atoms with Crippen LogP contribution in [0.25, 0.3) is 0 Å². The van der Waals surface area contributed by atoms with E-state index in [1.807, 2.05) is 26.8 Å². The van der Waals surface area contributed by atoms with Crippen molar-refractivity contribution in [3.63, 3.8) is 0 Å². The lowest BCUT2D eigenvalue weighted by Gasteiger charge is -2.26. The highest BCUT2D eigenvalue weighted by Gasteiger charge is 2.20. The highest BCUT2D eigenvalue weighted by atomic mass is 16.3. The first-order valence-electron chi connectivity index (χ1n) is 5.41. The van der Waals surface area contributed by atoms with Crippen LogP contribution in [0.5, 0.6) is 0 Å². The smallest absolute Gasteiger partial charge is 0.273 e. The Morgan fingerprint density at radius 1 is 1.56 bits per heavy atom. The van der Waals surface area contributed by atoms with Gasteiger partial charge in [-0.05, 0) is 32.4 Å². The molecule has 1 aromatic rings. The Morgan fingerprint density at radius 2 is 2.25 bits per heavy atom. The molecule has 0 atom stereocenters. The molecule has 1 N–H and O–H groups in total. The highest BCUT2D eigenvalue weighted by Crippen LogP contribution is 2.09. The minimum absolute atomic E-state index is 0.0319. The summed E-state index contributed by atoms with van der Waals surface area (Å²) >= 11 is 0. The predicted molar refractivity (Wildman–Crippen MR) is 62.2 cm³/mol. The fourth-order valence-electron chi connectivity index (χ4n) is 1.55. The van der Waals surface area contributed by atoms with Crippen LogP contribution in [-0.2, 0) is 0 Å². The van der Waals surface area contributed by atoms with Gasteiger partial charge in [-0.1, -0.05) is 6.07 Å². The Labute approximate surface area is 95.9 Å². The average Bonchev–Trinajstić information content (AvgIpc) is 2.25. The van der Waals surface area contributed by atoms with Gasteiger partial charge in [0.05, 0.1) is 6.61 Å². The second kappa shape index (κ2) is 5.61. The highest BCUT2D eigenvalue weighted by molar-refractivity contribution is 5.93. The van der Waals surface area contributed by atoms with E-state index in [4.69, 9.17) is 5.11 Å². The van der Waals surface area contributed by atoms with Crippen molar-refractivity contribution in [1.29, 1.82) is 0 Å². The summed E-state index contributed by atoms with van der Waals surface area (Å²) in [7, 11) is 0. The van der Waals surface area contributed by atoms with Crippen LogP contribution in [-0.4, -0.2) is 40.1 Å². The number of nitrogens with zero attached hydrogens (tertiary/aromatic N) is 2. The molecule has 1 aromatic heterocycles.